The van der Waals surface area contributed by atoms with Crippen LogP contribution in [0.4, 0.5) is 8.78 Å². The first-order valence-corrected chi connectivity index (χ1v) is 16.9. The molecular formula is C32H42F2N2O4S. The molecule has 0 aromatic heterocycles. The molecule has 1 unspecified atom stereocenters. The summed E-state index contributed by atoms with van der Waals surface area (Å²) >= 11 is 0. The van der Waals surface area contributed by atoms with E-state index in [1.54, 1.807) is 24.3 Å². The number of halogens is 2. The van der Waals surface area contributed by atoms with Gasteiger partial charge in [0.05, 0.1) is 11.3 Å². The number of hydrogen-bond acceptors (Lipinski definition) is 5. The van der Waals surface area contributed by atoms with E-state index >= 15 is 0 Å². The van der Waals surface area contributed by atoms with Crippen LogP contribution in [0, 0.1) is 17.6 Å². The van der Waals surface area contributed by atoms with Crippen LogP contribution >= 0.6 is 0 Å². The Hall–Kier alpha value is -2.36. The maximum atomic E-state index is 14.2. The molecule has 0 N–H and O–H groups in total. The van der Waals surface area contributed by atoms with Crippen LogP contribution in [0.5, 0.6) is 0 Å². The van der Waals surface area contributed by atoms with Crippen LogP contribution in [0.3, 0.4) is 0 Å². The molecule has 2 aromatic rings. The Morgan fingerprint density at radius 1 is 1.00 bits per heavy atom. The lowest BCUT2D eigenvalue weighted by molar-refractivity contribution is -0.134. The zero-order valence-corrected chi connectivity index (χ0v) is 24.9. The van der Waals surface area contributed by atoms with Gasteiger partial charge in [-0.3, -0.25) is 9.69 Å². The van der Waals surface area contributed by atoms with Gasteiger partial charge in [0, 0.05) is 50.2 Å². The molecule has 2 aromatic carbocycles. The lowest BCUT2D eigenvalue weighted by Gasteiger charge is -2.44. The number of piperidine rings is 1. The SMILES string of the molecule is CCN(C(=O)Cc1ccc(S(C)(=O)=O)cc1)[C@@H]1C[C@H]2CC[C@@H](C1)N2CCC(c1cc(F)cc(F)c1)C1CCOCC1. The molecule has 5 rings (SSSR count). The minimum Gasteiger partial charge on any atom is -0.381 e. The van der Waals surface area contributed by atoms with Gasteiger partial charge in [-0.2, -0.15) is 0 Å². The normalized spacial score (nSPS) is 24.3. The van der Waals surface area contributed by atoms with Crippen LogP contribution in [0.2, 0.25) is 0 Å². The Balaban J connectivity index is 1.23. The van der Waals surface area contributed by atoms with Crippen LogP contribution < -0.4 is 0 Å². The van der Waals surface area contributed by atoms with Crippen molar-refractivity contribution < 1.29 is 26.7 Å². The van der Waals surface area contributed by atoms with Gasteiger partial charge in [-0.25, -0.2) is 17.2 Å². The Labute approximate surface area is 243 Å². The van der Waals surface area contributed by atoms with Crippen LogP contribution in [0.1, 0.15) is 68.9 Å². The average Bonchev–Trinajstić information content (AvgIpc) is 3.16. The third-order valence-corrected chi connectivity index (χ3v) is 10.6. The van der Waals surface area contributed by atoms with Gasteiger partial charge in [-0.15, -0.1) is 0 Å². The maximum absolute atomic E-state index is 14.2. The number of rotatable bonds is 10. The van der Waals surface area contributed by atoms with E-state index in [2.05, 4.69) is 4.90 Å². The van der Waals surface area contributed by atoms with E-state index < -0.39 is 21.5 Å². The van der Waals surface area contributed by atoms with Gasteiger partial charge in [-0.1, -0.05) is 12.1 Å². The van der Waals surface area contributed by atoms with E-state index in [4.69, 9.17) is 4.74 Å². The van der Waals surface area contributed by atoms with Crippen molar-refractivity contribution in [3.63, 3.8) is 0 Å². The number of carbonyl (C=O) groups is 1. The van der Waals surface area contributed by atoms with E-state index in [1.807, 2.05) is 11.8 Å². The van der Waals surface area contributed by atoms with Crippen LogP contribution in [0.25, 0.3) is 0 Å². The number of nitrogens with zero attached hydrogens (tertiary/aromatic N) is 2. The zero-order chi connectivity index (χ0) is 29.1. The van der Waals surface area contributed by atoms with Crippen molar-refractivity contribution >= 4 is 15.7 Å². The van der Waals surface area contributed by atoms with E-state index in [-0.39, 0.29) is 29.2 Å². The van der Waals surface area contributed by atoms with Crippen molar-refractivity contribution in [2.75, 3.05) is 32.6 Å². The molecule has 3 heterocycles. The third kappa shape index (κ3) is 7.17. The quantitative estimate of drug-likeness (QED) is 0.374. The van der Waals surface area contributed by atoms with Gasteiger partial charge in [0.2, 0.25) is 5.91 Å². The van der Waals surface area contributed by atoms with Crippen molar-refractivity contribution in [1.29, 1.82) is 0 Å². The fourth-order valence-corrected chi connectivity index (χ4v) is 8.13. The molecule has 1 amide bonds. The van der Waals surface area contributed by atoms with Gasteiger partial charge in [0.1, 0.15) is 11.6 Å². The number of carbonyl (C=O) groups excluding carboxylic acids is 1. The van der Waals surface area contributed by atoms with E-state index in [1.165, 1.54) is 18.4 Å². The topological polar surface area (TPSA) is 66.9 Å². The lowest BCUT2D eigenvalue weighted by Crippen LogP contribution is -2.52. The van der Waals surface area contributed by atoms with Crippen LogP contribution in [-0.2, 0) is 25.8 Å². The highest BCUT2D eigenvalue weighted by molar-refractivity contribution is 7.90. The Morgan fingerprint density at radius 3 is 2.17 bits per heavy atom. The number of hydrogen-bond donors (Lipinski definition) is 0. The van der Waals surface area contributed by atoms with Gasteiger partial charge < -0.3 is 9.64 Å². The van der Waals surface area contributed by atoms with Crippen LogP contribution in [-0.4, -0.2) is 74.8 Å². The summed E-state index contributed by atoms with van der Waals surface area (Å²) in [4.78, 5) is 18.2. The van der Waals surface area contributed by atoms with Gasteiger partial charge >= 0.3 is 0 Å². The summed E-state index contributed by atoms with van der Waals surface area (Å²) in [6.07, 6.45) is 8.17. The van der Waals surface area contributed by atoms with E-state index in [0.717, 1.165) is 68.7 Å². The standard InChI is InChI=1S/C32H42F2N2O4S/c1-3-35(32(37)16-22-4-8-30(9-5-22)41(2,38)39)29-20-27-6-7-28(21-29)36(27)13-10-31(23-11-14-40-15-12-23)24-17-25(33)19-26(34)18-24/h4-5,8-9,17-19,23,27-29,31H,3,6-7,10-16,20-21H2,1-2H3/t27-,28+,29-,31?. The number of fused-ring (bicyclic) bond motifs is 2. The zero-order valence-electron chi connectivity index (χ0n) is 24.1. The number of ether oxygens (including phenoxy) is 1. The number of amides is 1. The predicted molar refractivity (Wildman–Crippen MR) is 154 cm³/mol. The summed E-state index contributed by atoms with van der Waals surface area (Å²) in [5.41, 5.74) is 1.57. The average molecular weight is 589 g/mol. The molecule has 3 fully saturated rings. The largest absolute Gasteiger partial charge is 0.381 e. The molecule has 0 saturated carbocycles. The second-order valence-corrected chi connectivity index (χ2v) is 14.1. The number of sulfone groups is 1. The van der Waals surface area contributed by atoms with Crippen LogP contribution in [0.15, 0.2) is 47.4 Å². The molecule has 0 radical (unpaired) electrons. The van der Waals surface area contributed by atoms with E-state index in [0.29, 0.717) is 37.8 Å². The smallest absolute Gasteiger partial charge is 0.227 e. The minimum absolute atomic E-state index is 0.0742. The molecule has 41 heavy (non-hydrogen) atoms. The van der Waals surface area contributed by atoms with Gasteiger partial charge in [-0.05, 0) is 106 Å². The van der Waals surface area contributed by atoms with Crippen molar-refractivity contribution in [3.8, 4) is 0 Å². The highest BCUT2D eigenvalue weighted by atomic mass is 32.2. The summed E-state index contributed by atoms with van der Waals surface area (Å²) in [6, 6.07) is 11.5. The molecule has 3 saturated heterocycles. The fraction of sp³-hybridized carbons (Fsp3) is 0.594. The molecule has 3 aliphatic heterocycles. The predicted octanol–water partition coefficient (Wildman–Crippen LogP) is 5.36. The molecule has 6 nitrogen and oxygen atoms in total. The molecular weight excluding hydrogens is 546 g/mol. The number of benzene rings is 2. The summed E-state index contributed by atoms with van der Waals surface area (Å²) in [6.45, 7) is 4.93. The first kappa shape index (κ1) is 30.1. The Morgan fingerprint density at radius 2 is 1.61 bits per heavy atom. The summed E-state index contributed by atoms with van der Waals surface area (Å²) < 4.78 is 57.5. The van der Waals surface area contributed by atoms with Crippen molar-refractivity contribution in [3.05, 3.63) is 65.2 Å². The molecule has 9 heteroatoms. The minimum atomic E-state index is -3.27. The van der Waals surface area contributed by atoms with Crippen molar-refractivity contribution in [1.82, 2.24) is 9.80 Å². The Kier molecular flexibility index (Phi) is 9.46. The summed E-state index contributed by atoms with van der Waals surface area (Å²) in [7, 11) is -3.27. The second-order valence-electron chi connectivity index (χ2n) is 12.1. The highest BCUT2D eigenvalue weighted by Gasteiger charge is 2.43. The lowest BCUT2D eigenvalue weighted by atomic mass is 9.79. The molecule has 0 spiro atoms. The maximum Gasteiger partial charge on any atom is 0.227 e. The molecule has 3 aliphatic rings. The highest BCUT2D eigenvalue weighted by Crippen LogP contribution is 2.41. The van der Waals surface area contributed by atoms with Crippen molar-refractivity contribution in [2.24, 2.45) is 5.92 Å². The monoisotopic (exact) mass is 588 g/mol. The van der Waals surface area contributed by atoms with E-state index in [9.17, 15) is 22.0 Å². The number of likely N-dealkylation sites (N-methyl/N-ethyl adjacent to an activating group) is 1. The summed E-state index contributed by atoms with van der Waals surface area (Å²) in [5.74, 6) is -0.531. The van der Waals surface area contributed by atoms with Gasteiger partial charge in [0.15, 0.2) is 9.84 Å². The summed E-state index contributed by atoms with van der Waals surface area (Å²) in [5, 5.41) is 0. The van der Waals surface area contributed by atoms with Gasteiger partial charge in [0.25, 0.3) is 0 Å². The second kappa shape index (κ2) is 12.9. The Bertz CT molecular complexity index is 1280. The van der Waals surface area contributed by atoms with Crippen molar-refractivity contribution in [2.45, 2.75) is 87.2 Å². The molecule has 2 bridgehead atoms. The molecule has 224 valence electrons. The third-order valence-electron chi connectivity index (χ3n) is 9.51. The fourth-order valence-electron chi connectivity index (χ4n) is 7.50. The first-order valence-electron chi connectivity index (χ1n) is 15.0. The molecule has 0 aliphatic carbocycles. The first-order chi connectivity index (χ1) is 19.6. The molecule has 4 atom stereocenters.